The van der Waals surface area contributed by atoms with Crippen molar-refractivity contribution in [1.82, 2.24) is 0 Å². The van der Waals surface area contributed by atoms with Gasteiger partial charge in [0.05, 0.1) is 0 Å². The van der Waals surface area contributed by atoms with Crippen LogP contribution in [0.3, 0.4) is 0 Å². The minimum atomic E-state index is -0.243. The van der Waals surface area contributed by atoms with Crippen molar-refractivity contribution in [2.24, 2.45) is 0 Å². The Bertz CT molecular complexity index is 661. The monoisotopic (exact) mass is 360 g/mol. The molecule has 0 atom stereocenters. The van der Waals surface area contributed by atoms with Crippen LogP contribution in [0.4, 0.5) is 0 Å². The number of fused-ring (bicyclic) bond motifs is 1. The molecule has 1 aliphatic carbocycles. The normalized spacial score (nSPS) is 13.6. The van der Waals surface area contributed by atoms with Gasteiger partial charge in [-0.15, -0.1) is 0 Å². The van der Waals surface area contributed by atoms with Crippen LogP contribution in [-0.2, 0) is 4.79 Å². The van der Waals surface area contributed by atoms with Gasteiger partial charge < -0.3 is 0 Å². The topological polar surface area (TPSA) is 51.2 Å². The molecule has 3 nitrogen and oxygen atoms in total. The molecule has 1 aromatic rings. The van der Waals surface area contributed by atoms with Crippen molar-refractivity contribution in [2.75, 3.05) is 0 Å². The number of carbonyl (C=O) groups is 3. The number of hydrogen-bond donors (Lipinski definition) is 0. The number of hydrogen-bond acceptors (Lipinski definition) is 3. The van der Waals surface area contributed by atoms with Gasteiger partial charge >= 0.3 is 0 Å². The van der Waals surface area contributed by atoms with Gasteiger partial charge in [0.25, 0.3) is 0 Å². The number of allylic oxidation sites excluding steroid dienone is 2. The molecule has 0 heterocycles. The zero-order valence-corrected chi connectivity index (χ0v) is 15.3. The molecule has 0 fully saturated rings. The highest BCUT2D eigenvalue weighted by atomic mass is 35.5. The Morgan fingerprint density at radius 1 is 0.800 bits per heavy atom. The zero-order chi connectivity index (χ0) is 18.1. The molecule has 2 rings (SSSR count). The van der Waals surface area contributed by atoms with E-state index in [1.807, 2.05) is 0 Å². The first kappa shape index (κ1) is 19.6. The highest BCUT2D eigenvalue weighted by Crippen LogP contribution is 2.24. The Labute approximate surface area is 154 Å². The van der Waals surface area contributed by atoms with Crippen LogP contribution < -0.4 is 0 Å². The van der Waals surface area contributed by atoms with Gasteiger partial charge in [-0.05, 0) is 36.9 Å². The van der Waals surface area contributed by atoms with Crippen LogP contribution in [0.1, 0.15) is 84.9 Å². The fourth-order valence-electron chi connectivity index (χ4n) is 3.20. The van der Waals surface area contributed by atoms with E-state index in [0.717, 1.165) is 38.5 Å². The minimum absolute atomic E-state index is 0.00374. The summed E-state index contributed by atoms with van der Waals surface area (Å²) in [7, 11) is 0. The first-order valence-corrected chi connectivity index (χ1v) is 9.54. The SMILES string of the molecule is O=C(Cl)CCCCCCCCCCC1=CC(=O)c2ccccc2C1=O. The summed E-state index contributed by atoms with van der Waals surface area (Å²) >= 11 is 5.30. The predicted molar refractivity (Wildman–Crippen MR) is 100 cm³/mol. The lowest BCUT2D eigenvalue weighted by atomic mass is 9.87. The van der Waals surface area contributed by atoms with Gasteiger partial charge in [-0.25, -0.2) is 0 Å². The summed E-state index contributed by atoms with van der Waals surface area (Å²) in [5, 5.41) is -0.243. The quantitative estimate of drug-likeness (QED) is 0.378. The highest BCUT2D eigenvalue weighted by molar-refractivity contribution is 6.63. The first-order chi connectivity index (χ1) is 12.1. The standard InChI is InChI=1S/C21H25ClO3/c22-20(24)14-8-6-4-2-1-3-5-7-11-16-15-19(23)17-12-9-10-13-18(17)21(16)25/h9-10,12-13,15H,1-8,11,14H2. The van der Waals surface area contributed by atoms with Crippen molar-refractivity contribution in [2.45, 2.75) is 64.2 Å². The second-order valence-corrected chi connectivity index (χ2v) is 7.01. The molecule has 0 amide bonds. The summed E-state index contributed by atoms with van der Waals surface area (Å²) in [5.41, 5.74) is 1.71. The lowest BCUT2D eigenvalue weighted by molar-refractivity contribution is -0.111. The molecule has 1 aromatic carbocycles. The van der Waals surface area contributed by atoms with Gasteiger partial charge in [0.2, 0.25) is 5.24 Å². The van der Waals surface area contributed by atoms with E-state index in [1.54, 1.807) is 24.3 Å². The molecule has 0 aromatic heterocycles. The summed E-state index contributed by atoms with van der Waals surface area (Å²) in [6.07, 6.45) is 11.2. The van der Waals surface area contributed by atoms with E-state index in [4.69, 9.17) is 11.6 Å². The van der Waals surface area contributed by atoms with Gasteiger partial charge in [-0.2, -0.15) is 0 Å². The summed E-state index contributed by atoms with van der Waals surface area (Å²) in [4.78, 5) is 35.1. The molecule has 0 saturated heterocycles. The molecule has 134 valence electrons. The van der Waals surface area contributed by atoms with Crippen LogP contribution in [-0.4, -0.2) is 16.8 Å². The Balaban J connectivity index is 1.61. The Kier molecular flexibility index (Phi) is 8.07. The number of benzene rings is 1. The molecule has 25 heavy (non-hydrogen) atoms. The number of rotatable bonds is 11. The molecule has 0 aliphatic heterocycles. The zero-order valence-electron chi connectivity index (χ0n) is 14.6. The van der Waals surface area contributed by atoms with Crippen LogP contribution in [0.2, 0.25) is 0 Å². The van der Waals surface area contributed by atoms with Crippen molar-refractivity contribution < 1.29 is 14.4 Å². The van der Waals surface area contributed by atoms with Crippen molar-refractivity contribution >= 4 is 28.4 Å². The van der Waals surface area contributed by atoms with Gasteiger partial charge in [0, 0.05) is 23.1 Å². The summed E-state index contributed by atoms with van der Waals surface area (Å²) in [5.74, 6) is -0.0512. The van der Waals surface area contributed by atoms with Gasteiger partial charge in [-0.3, -0.25) is 14.4 Å². The van der Waals surface area contributed by atoms with E-state index in [9.17, 15) is 14.4 Å². The minimum Gasteiger partial charge on any atom is -0.289 e. The van der Waals surface area contributed by atoms with Crippen LogP contribution in [0.15, 0.2) is 35.9 Å². The third kappa shape index (κ3) is 6.24. The Morgan fingerprint density at radius 2 is 1.36 bits per heavy atom. The van der Waals surface area contributed by atoms with Gasteiger partial charge in [-0.1, -0.05) is 62.8 Å². The van der Waals surface area contributed by atoms with Crippen molar-refractivity contribution in [3.05, 3.63) is 47.0 Å². The van der Waals surface area contributed by atoms with E-state index in [2.05, 4.69) is 0 Å². The maximum atomic E-state index is 12.4. The summed E-state index contributed by atoms with van der Waals surface area (Å²) < 4.78 is 0. The first-order valence-electron chi connectivity index (χ1n) is 9.16. The number of Topliss-reactive ketones (excluding diaryl/α,β-unsaturated/α-hetero) is 1. The molecular formula is C21H25ClO3. The van der Waals surface area contributed by atoms with Crippen molar-refractivity contribution in [3.8, 4) is 0 Å². The molecule has 4 heteroatoms. The van der Waals surface area contributed by atoms with Crippen LogP contribution in [0, 0.1) is 0 Å². The maximum Gasteiger partial charge on any atom is 0.221 e. The molecule has 0 saturated carbocycles. The fraction of sp³-hybridized carbons (Fsp3) is 0.476. The van der Waals surface area contributed by atoms with Crippen LogP contribution in [0.5, 0.6) is 0 Å². The summed E-state index contributed by atoms with van der Waals surface area (Å²) in [6, 6.07) is 7.04. The van der Waals surface area contributed by atoms with E-state index in [1.165, 1.54) is 18.9 Å². The van der Waals surface area contributed by atoms with Gasteiger partial charge in [0.15, 0.2) is 11.6 Å². The highest BCUT2D eigenvalue weighted by Gasteiger charge is 2.24. The number of carbonyl (C=O) groups excluding carboxylic acids is 3. The van der Waals surface area contributed by atoms with Crippen molar-refractivity contribution in [3.63, 3.8) is 0 Å². The van der Waals surface area contributed by atoms with E-state index in [-0.39, 0.29) is 16.8 Å². The third-order valence-corrected chi connectivity index (χ3v) is 4.79. The molecule has 0 bridgehead atoms. The molecular weight excluding hydrogens is 336 g/mol. The largest absolute Gasteiger partial charge is 0.289 e. The number of unbranched alkanes of at least 4 members (excludes halogenated alkanes) is 7. The molecule has 0 radical (unpaired) electrons. The third-order valence-electron chi connectivity index (χ3n) is 4.60. The average molecular weight is 361 g/mol. The second-order valence-electron chi connectivity index (χ2n) is 6.59. The van der Waals surface area contributed by atoms with E-state index in [0.29, 0.717) is 29.5 Å². The lowest BCUT2D eigenvalue weighted by Gasteiger charge is -2.14. The average Bonchev–Trinajstić information content (AvgIpc) is 2.60. The smallest absolute Gasteiger partial charge is 0.221 e. The Hall–Kier alpha value is -1.74. The predicted octanol–water partition coefficient (Wildman–Crippen LogP) is 5.66. The molecule has 0 unspecified atom stereocenters. The van der Waals surface area contributed by atoms with E-state index < -0.39 is 0 Å². The molecule has 0 N–H and O–H groups in total. The maximum absolute atomic E-state index is 12.4. The van der Waals surface area contributed by atoms with Crippen molar-refractivity contribution in [1.29, 1.82) is 0 Å². The van der Waals surface area contributed by atoms with Gasteiger partial charge in [0.1, 0.15) is 0 Å². The number of ketones is 2. The second kappa shape index (κ2) is 10.3. The molecule has 1 aliphatic rings. The number of halogens is 1. The van der Waals surface area contributed by atoms with Crippen LogP contribution >= 0.6 is 11.6 Å². The lowest BCUT2D eigenvalue weighted by Crippen LogP contribution is -2.16. The summed E-state index contributed by atoms with van der Waals surface area (Å²) in [6.45, 7) is 0. The van der Waals surface area contributed by atoms with E-state index >= 15 is 0 Å². The Morgan fingerprint density at radius 3 is 2.00 bits per heavy atom. The fourth-order valence-corrected chi connectivity index (χ4v) is 3.33. The molecule has 0 spiro atoms. The van der Waals surface area contributed by atoms with Crippen LogP contribution in [0.25, 0.3) is 0 Å².